The Hall–Kier alpha value is -1.84. The second kappa shape index (κ2) is 7.65. The molecule has 2 aliphatic heterocycles. The van der Waals surface area contributed by atoms with Crippen molar-refractivity contribution < 1.29 is 4.79 Å². The van der Waals surface area contributed by atoms with E-state index < -0.39 is 0 Å². The van der Waals surface area contributed by atoms with Crippen LogP contribution in [0.25, 0.3) is 0 Å². The maximum absolute atomic E-state index is 12.3. The first-order valence-electron chi connectivity index (χ1n) is 9.82. The molecule has 0 bridgehead atoms. The molecule has 2 heterocycles. The molecule has 1 amide bonds. The molecule has 0 saturated carbocycles. The number of piperidine rings is 1. The van der Waals surface area contributed by atoms with Crippen molar-refractivity contribution in [2.45, 2.75) is 38.8 Å². The summed E-state index contributed by atoms with van der Waals surface area (Å²) in [5, 5.41) is 0.839. The molecule has 3 atom stereocenters. The zero-order valence-corrected chi connectivity index (χ0v) is 16.8. The number of rotatable bonds is 3. The minimum atomic E-state index is 0.208. The number of aryl methyl sites for hydroxylation is 1. The summed E-state index contributed by atoms with van der Waals surface area (Å²) in [5.74, 6) is 1.10. The zero-order valence-electron chi connectivity index (χ0n) is 16.1. The number of amides is 1. The molecule has 27 heavy (non-hydrogen) atoms. The van der Waals surface area contributed by atoms with Gasteiger partial charge < -0.3 is 4.90 Å². The summed E-state index contributed by atoms with van der Waals surface area (Å²) in [5.41, 5.74) is 3.84. The fourth-order valence-corrected chi connectivity index (χ4v) is 5.13. The quantitative estimate of drug-likeness (QED) is 0.781. The molecule has 2 aliphatic rings. The average Bonchev–Trinajstić information content (AvgIpc) is 3.03. The Morgan fingerprint density at radius 3 is 2.70 bits per heavy atom. The van der Waals surface area contributed by atoms with E-state index in [1.807, 2.05) is 12.1 Å². The van der Waals surface area contributed by atoms with E-state index in [1.165, 1.54) is 16.7 Å². The van der Waals surface area contributed by atoms with Gasteiger partial charge in [0.25, 0.3) is 0 Å². The maximum atomic E-state index is 12.3. The zero-order chi connectivity index (χ0) is 19.0. The van der Waals surface area contributed by atoms with Crippen LogP contribution < -0.4 is 0 Å². The molecular formula is C23H27ClN2O. The van der Waals surface area contributed by atoms with E-state index in [0.717, 1.165) is 37.6 Å². The number of benzene rings is 2. The Bertz CT molecular complexity index is 837. The molecule has 3 nitrogen and oxygen atoms in total. The predicted octanol–water partition coefficient (Wildman–Crippen LogP) is 4.48. The Balaban J connectivity index is 1.57. The first kappa shape index (κ1) is 18.5. The Morgan fingerprint density at radius 2 is 1.96 bits per heavy atom. The number of nitrogens with zero attached hydrogens (tertiary/aromatic N) is 2. The summed E-state index contributed by atoms with van der Waals surface area (Å²) in [4.78, 5) is 16.9. The third-order valence-electron chi connectivity index (χ3n) is 6.24. The van der Waals surface area contributed by atoms with E-state index in [4.69, 9.17) is 11.6 Å². The molecule has 2 aromatic carbocycles. The largest absolute Gasteiger partial charge is 0.339 e. The highest BCUT2D eigenvalue weighted by atomic mass is 35.5. The minimum absolute atomic E-state index is 0.208. The first-order valence-corrected chi connectivity index (χ1v) is 10.2. The number of carbonyl (C=O) groups is 1. The molecule has 0 aromatic heterocycles. The molecule has 4 rings (SSSR count). The monoisotopic (exact) mass is 382 g/mol. The molecule has 0 aliphatic carbocycles. The summed E-state index contributed by atoms with van der Waals surface area (Å²) in [6.07, 6.45) is 1.04. The minimum Gasteiger partial charge on any atom is -0.339 e. The summed E-state index contributed by atoms with van der Waals surface area (Å²) >= 11 is 6.38. The third kappa shape index (κ3) is 3.76. The molecule has 2 fully saturated rings. The van der Waals surface area contributed by atoms with E-state index >= 15 is 0 Å². The van der Waals surface area contributed by atoms with Crippen LogP contribution in [0.2, 0.25) is 5.02 Å². The number of likely N-dealkylation sites (tertiary alicyclic amines) is 2. The molecule has 4 heteroatoms. The molecule has 2 saturated heterocycles. The van der Waals surface area contributed by atoms with Crippen LogP contribution in [-0.2, 0) is 11.3 Å². The van der Waals surface area contributed by atoms with Crippen molar-refractivity contribution in [2.75, 3.05) is 19.6 Å². The van der Waals surface area contributed by atoms with E-state index in [0.29, 0.717) is 17.9 Å². The lowest BCUT2D eigenvalue weighted by molar-refractivity contribution is -0.130. The van der Waals surface area contributed by atoms with Gasteiger partial charge >= 0.3 is 0 Å². The summed E-state index contributed by atoms with van der Waals surface area (Å²) in [6, 6.07) is 17.3. The van der Waals surface area contributed by atoms with Crippen molar-refractivity contribution >= 4 is 17.5 Å². The van der Waals surface area contributed by atoms with E-state index in [2.05, 4.69) is 53.1 Å². The van der Waals surface area contributed by atoms with Crippen LogP contribution in [0.3, 0.4) is 0 Å². The van der Waals surface area contributed by atoms with Crippen LogP contribution in [0, 0.1) is 12.8 Å². The van der Waals surface area contributed by atoms with Crippen LogP contribution in [0.4, 0.5) is 0 Å². The van der Waals surface area contributed by atoms with Crippen molar-refractivity contribution in [1.29, 1.82) is 0 Å². The standard InChI is InChI=1S/C23H27ClN2O/c1-16-6-5-8-18(12-16)20-15-26(17(2)27)23-10-11-25(14-21(20)23)13-19-7-3-4-9-22(19)24/h3-9,12,20-21,23H,10-11,13-15H2,1-2H3/t20-,21-,23-/m0/s1. The highest BCUT2D eigenvalue weighted by Crippen LogP contribution is 2.42. The fourth-order valence-electron chi connectivity index (χ4n) is 4.93. The van der Waals surface area contributed by atoms with Gasteiger partial charge in [-0.1, -0.05) is 59.6 Å². The van der Waals surface area contributed by atoms with E-state index in [9.17, 15) is 4.79 Å². The lowest BCUT2D eigenvalue weighted by Crippen LogP contribution is -2.47. The van der Waals surface area contributed by atoms with Gasteiger partial charge in [-0.25, -0.2) is 0 Å². The van der Waals surface area contributed by atoms with Crippen LogP contribution >= 0.6 is 11.6 Å². The van der Waals surface area contributed by atoms with Crippen LogP contribution in [0.1, 0.15) is 36.0 Å². The molecule has 142 valence electrons. The van der Waals surface area contributed by atoms with Crippen molar-refractivity contribution in [2.24, 2.45) is 5.92 Å². The smallest absolute Gasteiger partial charge is 0.219 e. The van der Waals surface area contributed by atoms with Crippen LogP contribution in [0.5, 0.6) is 0 Å². The summed E-state index contributed by atoms with van der Waals surface area (Å²) in [6.45, 7) is 7.60. The summed E-state index contributed by atoms with van der Waals surface area (Å²) < 4.78 is 0. The maximum Gasteiger partial charge on any atom is 0.219 e. The number of hydrogen-bond donors (Lipinski definition) is 0. The molecule has 0 radical (unpaired) electrons. The molecular weight excluding hydrogens is 356 g/mol. The van der Waals surface area contributed by atoms with Crippen molar-refractivity contribution in [3.63, 3.8) is 0 Å². The van der Waals surface area contributed by atoms with Gasteiger partial charge in [-0.2, -0.15) is 0 Å². The number of carbonyl (C=O) groups excluding carboxylic acids is 1. The fraction of sp³-hybridized carbons (Fsp3) is 0.435. The average molecular weight is 383 g/mol. The van der Waals surface area contributed by atoms with Gasteiger partial charge in [0.2, 0.25) is 5.91 Å². The highest BCUT2D eigenvalue weighted by molar-refractivity contribution is 6.31. The lowest BCUT2D eigenvalue weighted by Gasteiger charge is -2.39. The van der Waals surface area contributed by atoms with Gasteiger partial charge in [0.05, 0.1) is 0 Å². The lowest BCUT2D eigenvalue weighted by atomic mass is 9.81. The van der Waals surface area contributed by atoms with Crippen LogP contribution in [-0.4, -0.2) is 41.4 Å². The first-order chi connectivity index (χ1) is 13.0. The van der Waals surface area contributed by atoms with Gasteiger partial charge in [0.15, 0.2) is 0 Å². The van der Waals surface area contributed by atoms with E-state index in [-0.39, 0.29) is 5.91 Å². The number of hydrogen-bond acceptors (Lipinski definition) is 2. The molecule has 0 spiro atoms. The topological polar surface area (TPSA) is 23.6 Å². The van der Waals surface area contributed by atoms with Gasteiger partial charge in [-0.15, -0.1) is 0 Å². The normalized spacial score (nSPS) is 25.4. The van der Waals surface area contributed by atoms with Gasteiger partial charge in [0, 0.05) is 56.0 Å². The predicted molar refractivity (Wildman–Crippen MR) is 110 cm³/mol. The highest BCUT2D eigenvalue weighted by Gasteiger charge is 2.46. The number of halogens is 1. The molecule has 0 unspecified atom stereocenters. The van der Waals surface area contributed by atoms with Crippen molar-refractivity contribution in [3.8, 4) is 0 Å². The molecule has 2 aromatic rings. The second-order valence-electron chi connectivity index (χ2n) is 8.04. The van der Waals surface area contributed by atoms with Crippen LogP contribution in [0.15, 0.2) is 48.5 Å². The van der Waals surface area contributed by atoms with Gasteiger partial charge in [-0.05, 0) is 30.5 Å². The molecule has 0 N–H and O–H groups in total. The van der Waals surface area contributed by atoms with Crippen molar-refractivity contribution in [3.05, 3.63) is 70.2 Å². The SMILES string of the molecule is CC(=O)N1C[C@@H](c2cccc(C)c2)[C@@H]2CN(Cc3ccccc3Cl)CC[C@@H]21. The summed E-state index contributed by atoms with van der Waals surface area (Å²) in [7, 11) is 0. The Morgan fingerprint density at radius 1 is 1.15 bits per heavy atom. The van der Waals surface area contributed by atoms with Gasteiger partial charge in [0.1, 0.15) is 0 Å². The van der Waals surface area contributed by atoms with Crippen molar-refractivity contribution in [1.82, 2.24) is 9.80 Å². The van der Waals surface area contributed by atoms with E-state index in [1.54, 1.807) is 6.92 Å². The third-order valence-corrected chi connectivity index (χ3v) is 6.61. The Labute approximate surface area is 166 Å². The van der Waals surface area contributed by atoms with Gasteiger partial charge in [-0.3, -0.25) is 9.69 Å². The second-order valence-corrected chi connectivity index (χ2v) is 8.45. The number of fused-ring (bicyclic) bond motifs is 1. The Kier molecular flexibility index (Phi) is 5.25.